The molecule has 0 fully saturated rings. The summed E-state index contributed by atoms with van der Waals surface area (Å²) in [6, 6.07) is 14.9. The van der Waals surface area contributed by atoms with E-state index in [2.05, 4.69) is 9.98 Å². The molecule has 136 valence electrons. The van der Waals surface area contributed by atoms with Crippen molar-refractivity contribution in [1.29, 1.82) is 0 Å². The van der Waals surface area contributed by atoms with Crippen molar-refractivity contribution >= 4 is 35.0 Å². The van der Waals surface area contributed by atoms with Gasteiger partial charge in [-0.1, -0.05) is 11.6 Å². The normalized spacial score (nSPS) is 15.5. The van der Waals surface area contributed by atoms with Crippen LogP contribution in [0.15, 0.2) is 65.9 Å². The van der Waals surface area contributed by atoms with Crippen molar-refractivity contribution in [3.63, 3.8) is 0 Å². The van der Waals surface area contributed by atoms with E-state index in [0.29, 0.717) is 23.1 Å². The van der Waals surface area contributed by atoms with Gasteiger partial charge in [-0.25, -0.2) is 4.99 Å². The van der Waals surface area contributed by atoms with E-state index in [0.717, 1.165) is 22.5 Å². The SMILES string of the molecule is Nc1ccc2c(c1)C(N)N(c1ccc(OCc3ccncc3)c(Cl)c1)C=N2. The number of ether oxygens (including phenoxy) is 1. The first-order chi connectivity index (χ1) is 13.1. The third-order valence-corrected chi connectivity index (χ3v) is 4.64. The third kappa shape index (κ3) is 3.58. The lowest BCUT2D eigenvalue weighted by Crippen LogP contribution is -2.35. The molecule has 1 aliphatic rings. The summed E-state index contributed by atoms with van der Waals surface area (Å²) >= 11 is 6.42. The molecule has 0 amide bonds. The number of aliphatic imine (C=N–C) groups is 1. The predicted octanol–water partition coefficient (Wildman–Crippen LogP) is 4.03. The van der Waals surface area contributed by atoms with E-state index in [1.807, 2.05) is 53.4 Å². The number of nitrogens with zero attached hydrogens (tertiary/aromatic N) is 3. The molecular weight excluding hydrogens is 362 g/mol. The van der Waals surface area contributed by atoms with Crippen molar-refractivity contribution in [1.82, 2.24) is 4.98 Å². The molecule has 6 nitrogen and oxygen atoms in total. The summed E-state index contributed by atoms with van der Waals surface area (Å²) in [5, 5.41) is 0.500. The van der Waals surface area contributed by atoms with Gasteiger partial charge in [0, 0.05) is 29.3 Å². The third-order valence-electron chi connectivity index (χ3n) is 4.35. The first kappa shape index (κ1) is 17.3. The van der Waals surface area contributed by atoms with Crippen LogP contribution in [0.2, 0.25) is 5.02 Å². The Kier molecular flexibility index (Phi) is 4.66. The average molecular weight is 380 g/mol. The Bertz CT molecular complexity index is 993. The van der Waals surface area contributed by atoms with Gasteiger partial charge in [0.05, 0.1) is 17.0 Å². The lowest BCUT2D eigenvalue weighted by molar-refractivity contribution is 0.306. The number of fused-ring (bicyclic) bond motifs is 1. The van der Waals surface area contributed by atoms with Crippen LogP contribution in [0.1, 0.15) is 17.3 Å². The van der Waals surface area contributed by atoms with Crippen LogP contribution in [-0.2, 0) is 6.61 Å². The van der Waals surface area contributed by atoms with E-state index in [9.17, 15) is 0 Å². The van der Waals surface area contributed by atoms with Gasteiger partial charge in [-0.3, -0.25) is 4.98 Å². The van der Waals surface area contributed by atoms with Crippen LogP contribution in [0.5, 0.6) is 5.75 Å². The minimum Gasteiger partial charge on any atom is -0.487 e. The molecule has 2 aromatic carbocycles. The molecular formula is C20H18ClN5O. The molecule has 0 saturated heterocycles. The highest BCUT2D eigenvalue weighted by atomic mass is 35.5. The lowest BCUT2D eigenvalue weighted by Gasteiger charge is -2.31. The molecule has 0 spiro atoms. The summed E-state index contributed by atoms with van der Waals surface area (Å²) in [6.07, 6.45) is 4.75. The molecule has 4 N–H and O–H groups in total. The van der Waals surface area contributed by atoms with Gasteiger partial charge in [0.2, 0.25) is 0 Å². The second-order valence-electron chi connectivity index (χ2n) is 6.17. The largest absolute Gasteiger partial charge is 0.487 e. The predicted molar refractivity (Wildman–Crippen MR) is 108 cm³/mol. The highest BCUT2D eigenvalue weighted by molar-refractivity contribution is 6.32. The summed E-state index contributed by atoms with van der Waals surface area (Å²) in [7, 11) is 0. The maximum absolute atomic E-state index is 6.42. The van der Waals surface area contributed by atoms with E-state index in [-0.39, 0.29) is 0 Å². The average Bonchev–Trinajstić information content (AvgIpc) is 2.68. The maximum atomic E-state index is 6.42. The monoisotopic (exact) mass is 379 g/mol. The highest BCUT2D eigenvalue weighted by Crippen LogP contribution is 2.36. The molecule has 0 bridgehead atoms. The molecule has 7 heteroatoms. The maximum Gasteiger partial charge on any atom is 0.138 e. The minimum atomic E-state index is -0.402. The highest BCUT2D eigenvalue weighted by Gasteiger charge is 2.23. The van der Waals surface area contributed by atoms with Crippen molar-refractivity contribution in [2.24, 2.45) is 10.7 Å². The van der Waals surface area contributed by atoms with Gasteiger partial charge in [0.1, 0.15) is 18.5 Å². The zero-order valence-electron chi connectivity index (χ0n) is 14.4. The number of nitrogen functional groups attached to an aromatic ring is 1. The molecule has 4 rings (SSSR count). The number of pyridine rings is 1. The van der Waals surface area contributed by atoms with Gasteiger partial charge in [0.15, 0.2) is 0 Å². The van der Waals surface area contributed by atoms with Crippen LogP contribution in [0.4, 0.5) is 17.1 Å². The van der Waals surface area contributed by atoms with Gasteiger partial charge >= 0.3 is 0 Å². The minimum absolute atomic E-state index is 0.402. The number of halogens is 1. The fourth-order valence-electron chi connectivity index (χ4n) is 2.91. The number of anilines is 2. The Morgan fingerprint density at radius 2 is 1.89 bits per heavy atom. The number of aromatic nitrogens is 1. The van der Waals surface area contributed by atoms with Crippen molar-refractivity contribution in [2.75, 3.05) is 10.6 Å². The number of hydrogen-bond donors (Lipinski definition) is 2. The van der Waals surface area contributed by atoms with Gasteiger partial charge in [-0.05, 0) is 54.1 Å². The first-order valence-electron chi connectivity index (χ1n) is 8.40. The Balaban J connectivity index is 1.54. The van der Waals surface area contributed by atoms with Gasteiger partial charge in [-0.15, -0.1) is 0 Å². The molecule has 3 aromatic rings. The summed E-state index contributed by atoms with van der Waals surface area (Å²) in [6.45, 7) is 0.416. The number of hydrogen-bond acceptors (Lipinski definition) is 6. The molecule has 1 aliphatic heterocycles. The number of benzene rings is 2. The van der Waals surface area contributed by atoms with Crippen molar-refractivity contribution in [2.45, 2.75) is 12.8 Å². The Morgan fingerprint density at radius 3 is 2.67 bits per heavy atom. The molecule has 1 atom stereocenters. The topological polar surface area (TPSA) is 89.8 Å². The molecule has 1 aromatic heterocycles. The van der Waals surface area contributed by atoms with Crippen LogP contribution >= 0.6 is 11.6 Å². The van der Waals surface area contributed by atoms with E-state index in [1.54, 1.807) is 18.7 Å². The second-order valence-corrected chi connectivity index (χ2v) is 6.58. The van der Waals surface area contributed by atoms with Crippen LogP contribution in [0.3, 0.4) is 0 Å². The smallest absolute Gasteiger partial charge is 0.138 e. The van der Waals surface area contributed by atoms with Crippen molar-refractivity contribution in [3.05, 3.63) is 77.1 Å². The summed E-state index contributed by atoms with van der Waals surface area (Å²) in [4.78, 5) is 10.3. The van der Waals surface area contributed by atoms with Crippen molar-refractivity contribution in [3.8, 4) is 5.75 Å². The summed E-state index contributed by atoms with van der Waals surface area (Å²) in [5.41, 5.74) is 16.5. The first-order valence-corrected chi connectivity index (χ1v) is 8.78. The Hall–Kier alpha value is -3.09. The second kappa shape index (κ2) is 7.26. The fraction of sp³-hybridized carbons (Fsp3) is 0.100. The molecule has 0 saturated carbocycles. The van der Waals surface area contributed by atoms with Crippen LogP contribution in [0.25, 0.3) is 0 Å². The molecule has 0 radical (unpaired) electrons. The number of nitrogens with two attached hydrogens (primary N) is 2. The van der Waals surface area contributed by atoms with E-state index in [1.165, 1.54) is 0 Å². The van der Waals surface area contributed by atoms with Gasteiger partial charge in [-0.2, -0.15) is 0 Å². The van der Waals surface area contributed by atoms with Crippen LogP contribution < -0.4 is 21.1 Å². The zero-order chi connectivity index (χ0) is 18.8. The Morgan fingerprint density at radius 1 is 1.07 bits per heavy atom. The van der Waals surface area contributed by atoms with Crippen molar-refractivity contribution < 1.29 is 4.74 Å². The Labute approximate surface area is 162 Å². The van der Waals surface area contributed by atoms with Gasteiger partial charge in [0.25, 0.3) is 0 Å². The standard InChI is InChI=1S/C20H18ClN5O/c21-17-10-15(2-4-19(17)27-11-13-5-7-24-8-6-13)26-12-25-18-3-1-14(22)9-16(18)20(26)23/h1-10,12,20H,11,22-23H2. The van der Waals surface area contributed by atoms with Crippen LogP contribution in [-0.4, -0.2) is 11.3 Å². The summed E-state index contributed by atoms with van der Waals surface area (Å²) in [5.74, 6) is 0.601. The van der Waals surface area contributed by atoms with E-state index >= 15 is 0 Å². The summed E-state index contributed by atoms with van der Waals surface area (Å²) < 4.78 is 5.80. The quantitative estimate of drug-likeness (QED) is 0.668. The van der Waals surface area contributed by atoms with E-state index in [4.69, 9.17) is 27.8 Å². The number of rotatable bonds is 4. The van der Waals surface area contributed by atoms with E-state index < -0.39 is 6.17 Å². The lowest BCUT2D eigenvalue weighted by atomic mass is 10.1. The molecule has 2 heterocycles. The molecule has 27 heavy (non-hydrogen) atoms. The molecule has 1 unspecified atom stereocenters. The van der Waals surface area contributed by atoms with Gasteiger partial charge < -0.3 is 21.1 Å². The zero-order valence-corrected chi connectivity index (χ0v) is 15.2. The molecule has 0 aliphatic carbocycles. The van der Waals surface area contributed by atoms with Crippen LogP contribution in [0, 0.1) is 0 Å². The fourth-order valence-corrected chi connectivity index (χ4v) is 3.14.